The number of esters is 1. The summed E-state index contributed by atoms with van der Waals surface area (Å²) >= 11 is 0. The number of carbonyl (C=O) groups is 1. The van der Waals surface area contributed by atoms with E-state index in [0.29, 0.717) is 11.3 Å². The third-order valence-corrected chi connectivity index (χ3v) is 3.61. The first-order valence-corrected chi connectivity index (χ1v) is 7.68. The minimum atomic E-state index is -0.484. The number of methoxy groups -OCH3 is 2. The van der Waals surface area contributed by atoms with Crippen LogP contribution in [-0.4, -0.2) is 26.1 Å². The van der Waals surface area contributed by atoms with Crippen LogP contribution in [0, 0.1) is 0 Å². The van der Waals surface area contributed by atoms with E-state index in [0.717, 1.165) is 11.3 Å². The standard InChI is InChI=1S/C20H17NO4/c1-23-16-10-5-9-15(13-16)19-21-17(20(22)25-19)11-6-8-14-7-3-4-12-18(14)24-2/h3-13H,1-2H3. The van der Waals surface area contributed by atoms with E-state index in [-0.39, 0.29) is 11.6 Å². The van der Waals surface area contributed by atoms with Crippen molar-refractivity contribution in [1.82, 2.24) is 0 Å². The van der Waals surface area contributed by atoms with Gasteiger partial charge in [-0.1, -0.05) is 36.4 Å². The van der Waals surface area contributed by atoms with Gasteiger partial charge in [0.05, 0.1) is 14.2 Å². The van der Waals surface area contributed by atoms with Crippen molar-refractivity contribution in [2.45, 2.75) is 0 Å². The quantitative estimate of drug-likeness (QED) is 0.619. The fourth-order valence-corrected chi connectivity index (χ4v) is 2.35. The molecule has 1 heterocycles. The van der Waals surface area contributed by atoms with Crippen molar-refractivity contribution in [3.05, 3.63) is 77.5 Å². The molecule has 0 saturated carbocycles. The van der Waals surface area contributed by atoms with Gasteiger partial charge in [-0.2, -0.15) is 0 Å². The molecule has 0 bridgehead atoms. The van der Waals surface area contributed by atoms with Gasteiger partial charge in [0.1, 0.15) is 11.5 Å². The number of hydrogen-bond donors (Lipinski definition) is 0. The second-order valence-electron chi connectivity index (χ2n) is 5.19. The van der Waals surface area contributed by atoms with Crippen molar-refractivity contribution in [2.75, 3.05) is 14.2 Å². The minimum Gasteiger partial charge on any atom is -0.497 e. The highest BCUT2D eigenvalue weighted by Crippen LogP contribution is 2.21. The number of benzene rings is 2. The van der Waals surface area contributed by atoms with Gasteiger partial charge >= 0.3 is 5.97 Å². The van der Waals surface area contributed by atoms with Gasteiger partial charge in [0.15, 0.2) is 5.70 Å². The summed E-state index contributed by atoms with van der Waals surface area (Å²) in [5, 5.41) is 0. The first-order valence-electron chi connectivity index (χ1n) is 7.68. The Hall–Kier alpha value is -3.34. The zero-order chi connectivity index (χ0) is 17.6. The molecule has 0 radical (unpaired) electrons. The van der Waals surface area contributed by atoms with Gasteiger partial charge < -0.3 is 14.2 Å². The summed E-state index contributed by atoms with van der Waals surface area (Å²) in [7, 11) is 3.19. The SMILES string of the molecule is COc1cccc(C2=NC(=CC=Cc3ccccc3OC)C(=O)O2)c1. The Morgan fingerprint density at radius 3 is 2.68 bits per heavy atom. The number of allylic oxidation sites excluding steroid dienone is 2. The topological polar surface area (TPSA) is 57.1 Å². The Kier molecular flexibility index (Phi) is 4.95. The van der Waals surface area contributed by atoms with E-state index >= 15 is 0 Å². The van der Waals surface area contributed by atoms with E-state index in [1.165, 1.54) is 0 Å². The van der Waals surface area contributed by atoms with Gasteiger partial charge in [0, 0.05) is 11.1 Å². The molecule has 5 heteroatoms. The van der Waals surface area contributed by atoms with Gasteiger partial charge in [-0.05, 0) is 30.3 Å². The molecular weight excluding hydrogens is 318 g/mol. The number of para-hydroxylation sites is 1. The number of cyclic esters (lactones) is 1. The molecule has 0 amide bonds. The maximum atomic E-state index is 12.0. The molecule has 25 heavy (non-hydrogen) atoms. The fraction of sp³-hybridized carbons (Fsp3) is 0.100. The van der Waals surface area contributed by atoms with Crippen molar-refractivity contribution >= 4 is 17.9 Å². The summed E-state index contributed by atoms with van der Waals surface area (Å²) in [5.74, 6) is 1.21. The van der Waals surface area contributed by atoms with E-state index in [9.17, 15) is 4.79 Å². The Morgan fingerprint density at radius 1 is 1.04 bits per heavy atom. The summed E-state index contributed by atoms with van der Waals surface area (Å²) in [6.45, 7) is 0. The molecule has 1 aliphatic rings. The van der Waals surface area contributed by atoms with Crippen LogP contribution in [0.4, 0.5) is 0 Å². The Morgan fingerprint density at radius 2 is 1.88 bits per heavy atom. The number of aliphatic imine (C=N–C) groups is 1. The summed E-state index contributed by atoms with van der Waals surface area (Å²) < 4.78 is 15.7. The molecule has 2 aromatic rings. The number of nitrogens with zero attached hydrogens (tertiary/aromatic N) is 1. The van der Waals surface area contributed by atoms with E-state index < -0.39 is 5.97 Å². The summed E-state index contributed by atoms with van der Waals surface area (Å²) in [6.07, 6.45) is 5.20. The van der Waals surface area contributed by atoms with Crippen molar-refractivity contribution in [1.29, 1.82) is 0 Å². The summed E-state index contributed by atoms with van der Waals surface area (Å²) in [6, 6.07) is 14.8. The summed E-state index contributed by atoms with van der Waals surface area (Å²) in [4.78, 5) is 16.2. The molecule has 126 valence electrons. The van der Waals surface area contributed by atoms with Crippen molar-refractivity contribution < 1.29 is 19.0 Å². The number of hydrogen-bond acceptors (Lipinski definition) is 5. The lowest BCUT2D eigenvalue weighted by molar-refractivity contribution is -0.130. The average Bonchev–Trinajstić information content (AvgIpc) is 3.03. The second-order valence-corrected chi connectivity index (χ2v) is 5.19. The largest absolute Gasteiger partial charge is 0.497 e. The van der Waals surface area contributed by atoms with Crippen molar-refractivity contribution in [3.8, 4) is 11.5 Å². The average molecular weight is 335 g/mol. The van der Waals surface area contributed by atoms with Crippen LogP contribution in [0.5, 0.6) is 11.5 Å². The van der Waals surface area contributed by atoms with Crippen molar-refractivity contribution in [3.63, 3.8) is 0 Å². The maximum Gasteiger partial charge on any atom is 0.363 e. The number of carbonyl (C=O) groups excluding carboxylic acids is 1. The van der Waals surface area contributed by atoms with Crippen LogP contribution < -0.4 is 9.47 Å². The van der Waals surface area contributed by atoms with E-state index in [1.807, 2.05) is 48.5 Å². The molecule has 3 rings (SSSR count). The molecule has 0 N–H and O–H groups in total. The second kappa shape index (κ2) is 7.49. The lowest BCUT2D eigenvalue weighted by atomic mass is 10.2. The molecular formula is C20H17NO4. The highest BCUT2D eigenvalue weighted by atomic mass is 16.6. The lowest BCUT2D eigenvalue weighted by Gasteiger charge is -2.02. The van der Waals surface area contributed by atoms with Gasteiger partial charge in [-0.3, -0.25) is 0 Å². The molecule has 0 unspecified atom stereocenters. The predicted molar refractivity (Wildman–Crippen MR) is 95.7 cm³/mol. The number of rotatable bonds is 5. The maximum absolute atomic E-state index is 12.0. The van der Waals surface area contributed by atoms with Crippen LogP contribution in [0.1, 0.15) is 11.1 Å². The molecule has 2 aromatic carbocycles. The van der Waals surface area contributed by atoms with Crippen LogP contribution in [0.15, 0.2) is 71.4 Å². The monoisotopic (exact) mass is 335 g/mol. The zero-order valence-corrected chi connectivity index (χ0v) is 13.9. The molecule has 0 atom stereocenters. The van der Waals surface area contributed by atoms with E-state index in [4.69, 9.17) is 14.2 Å². The highest BCUT2D eigenvalue weighted by molar-refractivity contribution is 6.11. The van der Waals surface area contributed by atoms with E-state index in [2.05, 4.69) is 4.99 Å². The van der Waals surface area contributed by atoms with Crippen LogP contribution in [-0.2, 0) is 9.53 Å². The first-order chi connectivity index (χ1) is 12.2. The van der Waals surface area contributed by atoms with Crippen LogP contribution in [0.25, 0.3) is 6.08 Å². The third kappa shape index (κ3) is 3.77. The van der Waals surface area contributed by atoms with Crippen LogP contribution in [0.3, 0.4) is 0 Å². The third-order valence-electron chi connectivity index (χ3n) is 3.61. The van der Waals surface area contributed by atoms with Gasteiger partial charge in [0.25, 0.3) is 0 Å². The fourth-order valence-electron chi connectivity index (χ4n) is 2.35. The highest BCUT2D eigenvalue weighted by Gasteiger charge is 2.23. The zero-order valence-electron chi connectivity index (χ0n) is 13.9. The molecule has 1 aliphatic heterocycles. The van der Waals surface area contributed by atoms with Gasteiger partial charge in [0.2, 0.25) is 5.90 Å². The summed E-state index contributed by atoms with van der Waals surface area (Å²) in [5.41, 5.74) is 1.83. The van der Waals surface area contributed by atoms with Gasteiger partial charge in [-0.25, -0.2) is 9.79 Å². The molecule has 0 spiro atoms. The molecule has 0 saturated heterocycles. The number of ether oxygens (including phenoxy) is 3. The molecule has 0 aromatic heterocycles. The van der Waals surface area contributed by atoms with Crippen LogP contribution >= 0.6 is 0 Å². The Bertz CT molecular complexity index is 881. The molecule has 5 nitrogen and oxygen atoms in total. The van der Waals surface area contributed by atoms with Crippen molar-refractivity contribution in [2.24, 2.45) is 4.99 Å². The normalized spacial score (nSPS) is 15.4. The van der Waals surface area contributed by atoms with Gasteiger partial charge in [-0.15, -0.1) is 0 Å². The molecule has 0 aliphatic carbocycles. The molecule has 0 fully saturated rings. The first kappa shape index (κ1) is 16.5. The minimum absolute atomic E-state index is 0.240. The van der Waals surface area contributed by atoms with Crippen LogP contribution in [0.2, 0.25) is 0 Å². The Balaban J connectivity index is 1.82. The lowest BCUT2D eigenvalue weighted by Crippen LogP contribution is -2.05. The van der Waals surface area contributed by atoms with E-state index in [1.54, 1.807) is 32.4 Å². The predicted octanol–water partition coefficient (Wildman–Crippen LogP) is 3.60. The Labute approximate surface area is 145 Å². The smallest absolute Gasteiger partial charge is 0.363 e.